The summed E-state index contributed by atoms with van der Waals surface area (Å²) >= 11 is 0. The lowest BCUT2D eigenvalue weighted by molar-refractivity contribution is -0.386. The zero-order valence-electron chi connectivity index (χ0n) is 18.6. The average molecular weight is 453 g/mol. The first-order valence-electron chi connectivity index (χ1n) is 10.1. The van der Waals surface area contributed by atoms with E-state index in [-0.39, 0.29) is 35.1 Å². The Balaban J connectivity index is 1.79. The van der Waals surface area contributed by atoms with Crippen molar-refractivity contribution in [2.75, 3.05) is 5.32 Å². The number of nitro benzene ring substituents is 1. The standard InChI is InChI=1S/C22H23N5O6/c1-13-6-5-7-19(8-13)33-20-10-17(9-18(11-20)26(29)30)23-22(28)14(2)12-25-16(4)21(27(31)32)15(3)24-25/h5-11,14H,12H2,1-4H3,(H,23,28). The number of benzene rings is 2. The monoisotopic (exact) mass is 453 g/mol. The normalized spacial score (nSPS) is 11.6. The van der Waals surface area contributed by atoms with Crippen molar-refractivity contribution in [2.24, 2.45) is 5.92 Å². The van der Waals surface area contributed by atoms with Crippen LogP contribution in [0.2, 0.25) is 0 Å². The molecule has 0 radical (unpaired) electrons. The number of nitrogens with one attached hydrogen (secondary N) is 1. The molecule has 0 saturated carbocycles. The zero-order chi connectivity index (χ0) is 24.3. The number of nitro groups is 2. The number of rotatable bonds is 8. The van der Waals surface area contributed by atoms with Gasteiger partial charge in [-0.05, 0) is 38.5 Å². The van der Waals surface area contributed by atoms with Crippen LogP contribution in [0.3, 0.4) is 0 Å². The van der Waals surface area contributed by atoms with Crippen LogP contribution in [0.25, 0.3) is 0 Å². The average Bonchev–Trinajstić information content (AvgIpc) is 3.00. The number of aromatic nitrogens is 2. The highest BCUT2D eigenvalue weighted by molar-refractivity contribution is 5.92. The molecule has 1 amide bonds. The molecule has 172 valence electrons. The number of hydrogen-bond acceptors (Lipinski definition) is 7. The largest absolute Gasteiger partial charge is 0.457 e. The van der Waals surface area contributed by atoms with Crippen LogP contribution < -0.4 is 10.1 Å². The highest BCUT2D eigenvalue weighted by Gasteiger charge is 2.24. The fourth-order valence-corrected chi connectivity index (χ4v) is 3.37. The lowest BCUT2D eigenvalue weighted by Gasteiger charge is -2.14. The Bertz CT molecular complexity index is 1240. The summed E-state index contributed by atoms with van der Waals surface area (Å²) < 4.78 is 7.16. The van der Waals surface area contributed by atoms with E-state index in [1.807, 2.05) is 13.0 Å². The van der Waals surface area contributed by atoms with Gasteiger partial charge < -0.3 is 10.1 Å². The Labute approximate surface area is 189 Å². The van der Waals surface area contributed by atoms with Gasteiger partial charge in [0.2, 0.25) is 5.91 Å². The minimum absolute atomic E-state index is 0.0840. The van der Waals surface area contributed by atoms with Crippen molar-refractivity contribution < 1.29 is 19.4 Å². The minimum Gasteiger partial charge on any atom is -0.457 e. The lowest BCUT2D eigenvalue weighted by atomic mass is 10.1. The van der Waals surface area contributed by atoms with Crippen LogP contribution in [0.5, 0.6) is 11.5 Å². The van der Waals surface area contributed by atoms with Gasteiger partial charge in [-0.25, -0.2) is 0 Å². The first-order chi connectivity index (χ1) is 15.5. The van der Waals surface area contributed by atoms with Crippen LogP contribution in [0.1, 0.15) is 23.9 Å². The predicted octanol–water partition coefficient (Wildman–Crippen LogP) is 4.69. The topological polar surface area (TPSA) is 142 Å². The molecule has 0 spiro atoms. The Morgan fingerprint density at radius 2 is 1.82 bits per heavy atom. The van der Waals surface area contributed by atoms with E-state index in [1.165, 1.54) is 29.8 Å². The molecule has 33 heavy (non-hydrogen) atoms. The van der Waals surface area contributed by atoms with Crippen molar-refractivity contribution >= 4 is 23.0 Å². The van der Waals surface area contributed by atoms with Crippen LogP contribution in [0.4, 0.5) is 17.1 Å². The summed E-state index contributed by atoms with van der Waals surface area (Å²) in [4.78, 5) is 34.2. The number of carbonyl (C=O) groups excluding carboxylic acids is 1. The summed E-state index contributed by atoms with van der Waals surface area (Å²) in [6.07, 6.45) is 0. The van der Waals surface area contributed by atoms with Gasteiger partial charge in [-0.1, -0.05) is 19.1 Å². The number of aryl methyl sites for hydroxylation is 2. The second-order valence-corrected chi connectivity index (χ2v) is 7.74. The summed E-state index contributed by atoms with van der Waals surface area (Å²) in [6.45, 7) is 6.74. The van der Waals surface area contributed by atoms with Gasteiger partial charge >= 0.3 is 5.69 Å². The van der Waals surface area contributed by atoms with Crippen molar-refractivity contribution in [3.8, 4) is 11.5 Å². The number of hydrogen-bond donors (Lipinski definition) is 1. The van der Waals surface area contributed by atoms with Gasteiger partial charge in [0.15, 0.2) is 0 Å². The SMILES string of the molecule is Cc1cccc(Oc2cc(NC(=O)C(C)Cn3nc(C)c([N+](=O)[O-])c3C)cc([N+](=O)[O-])c2)c1. The molecule has 0 saturated heterocycles. The molecule has 0 aliphatic carbocycles. The van der Waals surface area contributed by atoms with Crippen molar-refractivity contribution in [3.63, 3.8) is 0 Å². The van der Waals surface area contributed by atoms with Crippen LogP contribution in [0.15, 0.2) is 42.5 Å². The highest BCUT2D eigenvalue weighted by Crippen LogP contribution is 2.30. The van der Waals surface area contributed by atoms with Crippen LogP contribution in [-0.2, 0) is 11.3 Å². The molecule has 1 atom stereocenters. The minimum atomic E-state index is -0.622. The number of ether oxygens (including phenoxy) is 1. The number of amides is 1. The molecule has 11 heteroatoms. The highest BCUT2D eigenvalue weighted by atomic mass is 16.6. The van der Waals surface area contributed by atoms with Gasteiger partial charge in [-0.15, -0.1) is 0 Å². The fourth-order valence-electron chi connectivity index (χ4n) is 3.37. The number of nitrogens with zero attached hydrogens (tertiary/aromatic N) is 4. The first-order valence-corrected chi connectivity index (χ1v) is 10.1. The van der Waals surface area contributed by atoms with E-state index in [4.69, 9.17) is 4.74 Å². The van der Waals surface area contributed by atoms with E-state index in [2.05, 4.69) is 10.4 Å². The number of non-ortho nitro benzene ring substituents is 1. The molecular formula is C22H23N5O6. The predicted molar refractivity (Wildman–Crippen MR) is 120 cm³/mol. The quantitative estimate of drug-likeness (QED) is 0.385. The third-order valence-electron chi connectivity index (χ3n) is 5.02. The first kappa shape index (κ1) is 23.4. The Morgan fingerprint density at radius 1 is 1.09 bits per heavy atom. The van der Waals surface area contributed by atoms with Crippen molar-refractivity contribution in [1.82, 2.24) is 9.78 Å². The fraction of sp³-hybridized carbons (Fsp3) is 0.273. The maximum absolute atomic E-state index is 12.8. The molecule has 0 aliphatic rings. The number of carbonyl (C=O) groups is 1. The lowest BCUT2D eigenvalue weighted by Crippen LogP contribution is -2.25. The summed E-state index contributed by atoms with van der Waals surface area (Å²) in [6, 6.07) is 11.2. The molecule has 1 unspecified atom stereocenters. The zero-order valence-corrected chi connectivity index (χ0v) is 18.6. The molecule has 3 rings (SSSR count). The van der Waals surface area contributed by atoms with E-state index in [0.29, 0.717) is 11.4 Å². The van der Waals surface area contributed by atoms with E-state index in [1.54, 1.807) is 32.0 Å². The van der Waals surface area contributed by atoms with Gasteiger partial charge in [-0.2, -0.15) is 5.10 Å². The van der Waals surface area contributed by atoms with Gasteiger partial charge in [0.25, 0.3) is 5.69 Å². The summed E-state index contributed by atoms with van der Waals surface area (Å²) in [5.41, 5.74) is 1.45. The molecular weight excluding hydrogens is 430 g/mol. The van der Waals surface area contributed by atoms with Gasteiger partial charge in [0.1, 0.15) is 22.9 Å². The van der Waals surface area contributed by atoms with Crippen molar-refractivity contribution in [2.45, 2.75) is 34.2 Å². The third-order valence-corrected chi connectivity index (χ3v) is 5.02. The van der Waals surface area contributed by atoms with E-state index in [0.717, 1.165) is 5.56 Å². The van der Waals surface area contributed by atoms with Crippen molar-refractivity contribution in [1.29, 1.82) is 0 Å². The Morgan fingerprint density at radius 3 is 2.42 bits per heavy atom. The molecule has 1 heterocycles. The van der Waals surface area contributed by atoms with Crippen LogP contribution >= 0.6 is 0 Å². The van der Waals surface area contributed by atoms with E-state index in [9.17, 15) is 25.0 Å². The maximum atomic E-state index is 12.8. The Kier molecular flexibility index (Phi) is 6.71. The van der Waals surface area contributed by atoms with Gasteiger partial charge in [0.05, 0.1) is 34.1 Å². The summed E-state index contributed by atoms with van der Waals surface area (Å²) in [7, 11) is 0. The molecule has 1 aromatic heterocycles. The van der Waals surface area contributed by atoms with E-state index >= 15 is 0 Å². The molecule has 11 nitrogen and oxygen atoms in total. The molecule has 0 fully saturated rings. The molecule has 2 aromatic carbocycles. The van der Waals surface area contributed by atoms with Gasteiger partial charge in [-0.3, -0.25) is 29.7 Å². The Hall–Kier alpha value is -4.28. The molecule has 0 bridgehead atoms. The maximum Gasteiger partial charge on any atom is 0.312 e. The van der Waals surface area contributed by atoms with Crippen LogP contribution in [0, 0.1) is 46.9 Å². The molecule has 0 aliphatic heterocycles. The molecule has 1 N–H and O–H groups in total. The third kappa shape index (κ3) is 5.50. The smallest absolute Gasteiger partial charge is 0.312 e. The molecule has 3 aromatic rings. The van der Waals surface area contributed by atoms with Crippen LogP contribution in [-0.4, -0.2) is 25.5 Å². The van der Waals surface area contributed by atoms with Crippen molar-refractivity contribution in [3.05, 3.63) is 79.6 Å². The summed E-state index contributed by atoms with van der Waals surface area (Å²) in [5, 5.41) is 29.4. The second-order valence-electron chi connectivity index (χ2n) is 7.74. The summed E-state index contributed by atoms with van der Waals surface area (Å²) in [5.74, 6) is -0.339. The van der Waals surface area contributed by atoms with Gasteiger partial charge in [0, 0.05) is 12.1 Å². The van der Waals surface area contributed by atoms with E-state index < -0.39 is 21.7 Å². The second kappa shape index (κ2) is 9.47. The number of anilines is 1.